The van der Waals surface area contributed by atoms with E-state index in [9.17, 15) is 0 Å². The van der Waals surface area contributed by atoms with Gasteiger partial charge in [-0.05, 0) is 38.5 Å². The van der Waals surface area contributed by atoms with Crippen LogP contribution in [0.4, 0.5) is 0 Å². The van der Waals surface area contributed by atoms with Crippen molar-refractivity contribution >= 4 is 5.96 Å². The summed E-state index contributed by atoms with van der Waals surface area (Å²) in [5, 5.41) is 3.16. The Kier molecular flexibility index (Phi) is 6.87. The molecule has 6 nitrogen and oxygen atoms in total. The molecule has 1 fully saturated rings. The Balaban J connectivity index is 1.79. The number of morpholine rings is 1. The van der Waals surface area contributed by atoms with Crippen LogP contribution in [0.5, 0.6) is 5.75 Å². The first-order chi connectivity index (χ1) is 11.4. The number of ether oxygens (including phenoxy) is 2. The van der Waals surface area contributed by atoms with Crippen molar-refractivity contribution in [3.63, 3.8) is 0 Å². The summed E-state index contributed by atoms with van der Waals surface area (Å²) >= 11 is 0. The number of rotatable bonds is 6. The van der Waals surface area contributed by atoms with Gasteiger partial charge in [0.15, 0.2) is 5.96 Å². The van der Waals surface area contributed by atoms with E-state index in [1.165, 1.54) is 0 Å². The molecule has 0 radical (unpaired) electrons. The topological polar surface area (TPSA) is 72.1 Å². The second-order valence-corrected chi connectivity index (χ2v) is 7.03. The van der Waals surface area contributed by atoms with E-state index in [1.54, 1.807) is 0 Å². The fraction of sp³-hybridized carbons (Fsp3) is 0.611. The molecule has 0 atom stereocenters. The van der Waals surface area contributed by atoms with Crippen LogP contribution in [0.3, 0.4) is 0 Å². The molecule has 24 heavy (non-hydrogen) atoms. The van der Waals surface area contributed by atoms with E-state index in [0.717, 1.165) is 44.2 Å². The van der Waals surface area contributed by atoms with Crippen LogP contribution >= 0.6 is 0 Å². The summed E-state index contributed by atoms with van der Waals surface area (Å²) in [4.78, 5) is 6.74. The summed E-state index contributed by atoms with van der Waals surface area (Å²) in [5.41, 5.74) is 6.90. The third-order valence-corrected chi connectivity index (χ3v) is 3.61. The molecule has 0 aromatic heterocycles. The van der Waals surface area contributed by atoms with E-state index >= 15 is 0 Å². The molecule has 1 saturated heterocycles. The van der Waals surface area contributed by atoms with Gasteiger partial charge in [-0.25, -0.2) is 4.99 Å². The zero-order valence-electron chi connectivity index (χ0n) is 15.0. The van der Waals surface area contributed by atoms with Crippen molar-refractivity contribution in [3.8, 4) is 5.75 Å². The molecule has 0 bridgehead atoms. The standard InChI is InChI=1S/C18H30N4O2/c1-18(2,3)21-17(19)20-14-15-5-4-6-16(13-15)24-12-9-22-7-10-23-11-8-22/h4-6,13H,7-12,14H2,1-3H3,(H3,19,20,21). The SMILES string of the molecule is CC(C)(C)NC(N)=NCc1cccc(OCCN2CCOCC2)c1. The molecule has 134 valence electrons. The summed E-state index contributed by atoms with van der Waals surface area (Å²) in [5.74, 6) is 1.33. The smallest absolute Gasteiger partial charge is 0.189 e. The van der Waals surface area contributed by atoms with Gasteiger partial charge in [-0.1, -0.05) is 12.1 Å². The monoisotopic (exact) mass is 334 g/mol. The lowest BCUT2D eigenvalue weighted by molar-refractivity contribution is 0.0322. The minimum Gasteiger partial charge on any atom is -0.492 e. The number of aliphatic imine (C=N–C) groups is 1. The summed E-state index contributed by atoms with van der Waals surface area (Å²) in [6, 6.07) is 8.02. The van der Waals surface area contributed by atoms with E-state index in [1.807, 2.05) is 24.3 Å². The van der Waals surface area contributed by atoms with Gasteiger partial charge in [-0.15, -0.1) is 0 Å². The van der Waals surface area contributed by atoms with Crippen molar-refractivity contribution in [3.05, 3.63) is 29.8 Å². The van der Waals surface area contributed by atoms with Crippen LogP contribution in [0.1, 0.15) is 26.3 Å². The van der Waals surface area contributed by atoms with Crippen LogP contribution in [0.15, 0.2) is 29.3 Å². The molecule has 3 N–H and O–H groups in total. The molecule has 6 heteroatoms. The van der Waals surface area contributed by atoms with Crippen molar-refractivity contribution in [2.45, 2.75) is 32.9 Å². The van der Waals surface area contributed by atoms with Gasteiger partial charge in [0.25, 0.3) is 0 Å². The molecule has 1 aromatic carbocycles. The van der Waals surface area contributed by atoms with Crippen molar-refractivity contribution in [1.29, 1.82) is 0 Å². The highest BCUT2D eigenvalue weighted by Gasteiger charge is 2.10. The van der Waals surface area contributed by atoms with Gasteiger partial charge >= 0.3 is 0 Å². The van der Waals surface area contributed by atoms with Crippen molar-refractivity contribution in [1.82, 2.24) is 10.2 Å². The Labute approximate surface area is 145 Å². The normalized spacial score (nSPS) is 16.9. The van der Waals surface area contributed by atoms with Gasteiger partial charge in [0.2, 0.25) is 0 Å². The van der Waals surface area contributed by atoms with Crippen LogP contribution in [0.25, 0.3) is 0 Å². The van der Waals surface area contributed by atoms with E-state index < -0.39 is 0 Å². The van der Waals surface area contributed by atoms with E-state index in [-0.39, 0.29) is 5.54 Å². The first kappa shape index (κ1) is 18.5. The molecule has 0 aliphatic carbocycles. The number of guanidine groups is 1. The summed E-state index contributed by atoms with van der Waals surface area (Å²) in [6.45, 7) is 11.9. The predicted molar refractivity (Wildman–Crippen MR) is 97.4 cm³/mol. The van der Waals surface area contributed by atoms with E-state index in [4.69, 9.17) is 15.2 Å². The van der Waals surface area contributed by atoms with Gasteiger partial charge in [0.1, 0.15) is 12.4 Å². The molecular weight excluding hydrogens is 304 g/mol. The molecule has 0 spiro atoms. The molecule has 1 aliphatic rings. The van der Waals surface area contributed by atoms with Crippen LogP contribution in [0.2, 0.25) is 0 Å². The van der Waals surface area contributed by atoms with Crippen LogP contribution in [-0.4, -0.2) is 55.9 Å². The fourth-order valence-corrected chi connectivity index (χ4v) is 2.45. The zero-order chi connectivity index (χ0) is 17.4. The van der Waals surface area contributed by atoms with E-state index in [2.05, 4.69) is 36.0 Å². The lowest BCUT2D eigenvalue weighted by Crippen LogP contribution is -2.44. The number of hydrogen-bond donors (Lipinski definition) is 2. The second kappa shape index (κ2) is 8.89. The van der Waals surface area contributed by atoms with Crippen molar-refractivity contribution in [2.24, 2.45) is 10.7 Å². The highest BCUT2D eigenvalue weighted by Crippen LogP contribution is 2.14. The summed E-state index contributed by atoms with van der Waals surface area (Å²) in [7, 11) is 0. The highest BCUT2D eigenvalue weighted by molar-refractivity contribution is 5.78. The minimum absolute atomic E-state index is 0.0853. The molecule has 2 rings (SSSR count). The fourth-order valence-electron chi connectivity index (χ4n) is 2.45. The molecule has 1 heterocycles. The highest BCUT2D eigenvalue weighted by atomic mass is 16.5. The molecule has 0 unspecified atom stereocenters. The number of nitrogens with one attached hydrogen (secondary N) is 1. The average Bonchev–Trinajstić information content (AvgIpc) is 2.53. The molecule has 0 amide bonds. The lowest BCUT2D eigenvalue weighted by atomic mass is 10.1. The minimum atomic E-state index is -0.0853. The average molecular weight is 334 g/mol. The maximum atomic E-state index is 5.90. The zero-order valence-corrected chi connectivity index (χ0v) is 15.0. The van der Waals surface area contributed by atoms with Crippen LogP contribution < -0.4 is 15.8 Å². The third kappa shape index (κ3) is 7.19. The largest absolute Gasteiger partial charge is 0.492 e. The summed E-state index contributed by atoms with van der Waals surface area (Å²) < 4.78 is 11.2. The summed E-state index contributed by atoms with van der Waals surface area (Å²) in [6.07, 6.45) is 0. The number of hydrogen-bond acceptors (Lipinski definition) is 4. The van der Waals surface area contributed by atoms with Gasteiger partial charge in [0, 0.05) is 25.2 Å². The Morgan fingerprint density at radius 3 is 2.79 bits per heavy atom. The van der Waals surface area contributed by atoms with Crippen LogP contribution in [0, 0.1) is 0 Å². The van der Waals surface area contributed by atoms with Gasteiger partial charge in [0.05, 0.1) is 19.8 Å². The van der Waals surface area contributed by atoms with Crippen molar-refractivity contribution < 1.29 is 9.47 Å². The third-order valence-electron chi connectivity index (χ3n) is 3.61. The molecule has 1 aliphatic heterocycles. The Bertz CT molecular complexity index is 534. The predicted octanol–water partition coefficient (Wildman–Crippen LogP) is 1.60. The molecular formula is C18H30N4O2. The van der Waals surface area contributed by atoms with Gasteiger partial charge in [-0.2, -0.15) is 0 Å². The van der Waals surface area contributed by atoms with Crippen LogP contribution in [-0.2, 0) is 11.3 Å². The number of nitrogens with zero attached hydrogens (tertiary/aromatic N) is 2. The quantitative estimate of drug-likeness (QED) is 0.611. The number of nitrogens with two attached hydrogens (primary N) is 1. The Morgan fingerprint density at radius 2 is 2.08 bits per heavy atom. The van der Waals surface area contributed by atoms with Crippen molar-refractivity contribution in [2.75, 3.05) is 39.5 Å². The van der Waals surface area contributed by atoms with E-state index in [0.29, 0.717) is 19.1 Å². The van der Waals surface area contributed by atoms with Gasteiger partial charge < -0.3 is 20.5 Å². The number of benzene rings is 1. The first-order valence-electron chi connectivity index (χ1n) is 8.52. The first-order valence-corrected chi connectivity index (χ1v) is 8.52. The maximum Gasteiger partial charge on any atom is 0.189 e. The lowest BCUT2D eigenvalue weighted by Gasteiger charge is -2.26. The maximum absolute atomic E-state index is 5.90. The molecule has 1 aromatic rings. The van der Waals surface area contributed by atoms with Gasteiger partial charge in [-0.3, -0.25) is 4.90 Å². The Morgan fingerprint density at radius 1 is 1.33 bits per heavy atom. The molecule has 0 saturated carbocycles. The second-order valence-electron chi connectivity index (χ2n) is 7.03. The Hall–Kier alpha value is -1.79.